The molecule has 1 fully saturated rings. The lowest BCUT2D eigenvalue weighted by Crippen LogP contribution is -2.37. The number of nitrogens with one attached hydrogen (secondary N) is 1. The summed E-state index contributed by atoms with van der Waals surface area (Å²) in [6, 6.07) is 4.90. The molecule has 1 aliphatic carbocycles. The molecular weight excluding hydrogens is 289 g/mol. The molecule has 0 bridgehead atoms. The molecule has 1 aliphatic rings. The Bertz CT molecular complexity index is 515. The minimum Gasteiger partial charge on any atom is -0.449 e. The fourth-order valence-electron chi connectivity index (χ4n) is 1.49. The maximum absolute atomic E-state index is 11.9. The molecule has 4 nitrogen and oxygen atoms in total. The van der Waals surface area contributed by atoms with Crippen LogP contribution in [0.25, 0.3) is 0 Å². The van der Waals surface area contributed by atoms with Gasteiger partial charge in [0.05, 0.1) is 15.6 Å². The summed E-state index contributed by atoms with van der Waals surface area (Å²) in [5.41, 5.74) is 0.153. The van der Waals surface area contributed by atoms with Gasteiger partial charge in [0.15, 0.2) is 6.10 Å². The molecule has 6 heteroatoms. The molecule has 2 rings (SSSR count). The van der Waals surface area contributed by atoms with E-state index in [-0.39, 0.29) is 27.6 Å². The number of ether oxygens (including phenoxy) is 1. The summed E-state index contributed by atoms with van der Waals surface area (Å²) in [7, 11) is 0. The summed E-state index contributed by atoms with van der Waals surface area (Å²) in [6.45, 7) is 1.52. The molecule has 0 saturated heterocycles. The molecule has 1 amide bonds. The maximum Gasteiger partial charge on any atom is 0.340 e. The van der Waals surface area contributed by atoms with Gasteiger partial charge in [0.25, 0.3) is 5.91 Å². The van der Waals surface area contributed by atoms with E-state index in [0.29, 0.717) is 0 Å². The number of amides is 1. The normalized spacial score (nSPS) is 15.7. The zero-order valence-corrected chi connectivity index (χ0v) is 11.8. The minimum absolute atomic E-state index is 0.129. The highest BCUT2D eigenvalue weighted by Crippen LogP contribution is 2.26. The first kappa shape index (κ1) is 14.2. The lowest BCUT2D eigenvalue weighted by molar-refractivity contribution is -0.129. The number of esters is 1. The zero-order chi connectivity index (χ0) is 14.0. The molecular formula is C13H13Cl2NO3. The Hall–Kier alpha value is -1.26. The second-order valence-electron chi connectivity index (χ2n) is 4.43. The summed E-state index contributed by atoms with van der Waals surface area (Å²) in [5.74, 6) is -0.958. The van der Waals surface area contributed by atoms with Crippen LogP contribution in [-0.4, -0.2) is 24.0 Å². The van der Waals surface area contributed by atoms with Crippen molar-refractivity contribution in [1.29, 1.82) is 0 Å². The lowest BCUT2D eigenvalue weighted by Gasteiger charge is -2.13. The van der Waals surface area contributed by atoms with Gasteiger partial charge in [-0.2, -0.15) is 0 Å². The Morgan fingerprint density at radius 3 is 2.68 bits per heavy atom. The molecule has 1 unspecified atom stereocenters. The summed E-state index contributed by atoms with van der Waals surface area (Å²) in [6.07, 6.45) is 1.10. The fourth-order valence-corrected chi connectivity index (χ4v) is 1.86. The number of hydrogen-bond donors (Lipinski definition) is 1. The minimum atomic E-state index is -0.858. The smallest absolute Gasteiger partial charge is 0.340 e. The van der Waals surface area contributed by atoms with Crippen molar-refractivity contribution in [2.75, 3.05) is 0 Å². The van der Waals surface area contributed by atoms with Crippen molar-refractivity contribution in [1.82, 2.24) is 5.32 Å². The number of carbonyl (C=O) groups is 2. The summed E-state index contributed by atoms with van der Waals surface area (Å²) >= 11 is 11.7. The second-order valence-corrected chi connectivity index (χ2v) is 5.22. The van der Waals surface area contributed by atoms with Crippen LogP contribution in [0, 0.1) is 0 Å². The van der Waals surface area contributed by atoms with Crippen LogP contribution < -0.4 is 5.32 Å². The van der Waals surface area contributed by atoms with Gasteiger partial charge in [0, 0.05) is 6.04 Å². The van der Waals surface area contributed by atoms with E-state index >= 15 is 0 Å². The van der Waals surface area contributed by atoms with Crippen molar-refractivity contribution >= 4 is 35.1 Å². The van der Waals surface area contributed by atoms with Crippen molar-refractivity contribution in [2.24, 2.45) is 0 Å². The molecule has 19 heavy (non-hydrogen) atoms. The Morgan fingerprint density at radius 2 is 2.05 bits per heavy atom. The maximum atomic E-state index is 11.9. The Labute approximate surface area is 121 Å². The van der Waals surface area contributed by atoms with E-state index in [2.05, 4.69) is 5.32 Å². The van der Waals surface area contributed by atoms with Crippen molar-refractivity contribution in [2.45, 2.75) is 31.9 Å². The van der Waals surface area contributed by atoms with Gasteiger partial charge in [0.1, 0.15) is 0 Å². The molecule has 0 heterocycles. The van der Waals surface area contributed by atoms with Crippen molar-refractivity contribution in [3.8, 4) is 0 Å². The molecule has 1 aromatic rings. The van der Waals surface area contributed by atoms with Gasteiger partial charge >= 0.3 is 5.97 Å². The first-order valence-electron chi connectivity index (χ1n) is 5.94. The predicted octanol–water partition coefficient (Wildman–Crippen LogP) is 2.82. The van der Waals surface area contributed by atoms with Gasteiger partial charge in [0.2, 0.25) is 0 Å². The second kappa shape index (κ2) is 5.80. The highest BCUT2D eigenvalue weighted by Gasteiger charge is 2.27. The highest BCUT2D eigenvalue weighted by molar-refractivity contribution is 6.43. The van der Waals surface area contributed by atoms with Crippen molar-refractivity contribution < 1.29 is 14.3 Å². The first-order chi connectivity index (χ1) is 8.99. The van der Waals surface area contributed by atoms with Gasteiger partial charge in [-0.3, -0.25) is 4.79 Å². The number of hydrogen-bond acceptors (Lipinski definition) is 3. The SMILES string of the molecule is CC(OC(=O)c1cccc(Cl)c1Cl)C(=O)NC1CC1. The molecule has 1 aromatic carbocycles. The van der Waals surface area contributed by atoms with Crippen LogP contribution in [0.4, 0.5) is 0 Å². The monoisotopic (exact) mass is 301 g/mol. The average molecular weight is 302 g/mol. The van der Waals surface area contributed by atoms with Crippen molar-refractivity contribution in [3.05, 3.63) is 33.8 Å². The van der Waals surface area contributed by atoms with Crippen LogP contribution >= 0.6 is 23.2 Å². The van der Waals surface area contributed by atoms with Crippen molar-refractivity contribution in [3.63, 3.8) is 0 Å². The molecule has 0 radical (unpaired) electrons. The average Bonchev–Trinajstić information content (AvgIpc) is 3.16. The largest absolute Gasteiger partial charge is 0.449 e. The van der Waals surface area contributed by atoms with E-state index in [1.54, 1.807) is 12.1 Å². The van der Waals surface area contributed by atoms with E-state index in [4.69, 9.17) is 27.9 Å². The van der Waals surface area contributed by atoms with Gasteiger partial charge < -0.3 is 10.1 Å². The van der Waals surface area contributed by atoms with Crippen LogP contribution in [-0.2, 0) is 9.53 Å². The third kappa shape index (κ3) is 3.61. The first-order valence-corrected chi connectivity index (χ1v) is 6.70. The molecule has 0 spiro atoms. The van der Waals surface area contributed by atoms with Crippen LogP contribution in [0.15, 0.2) is 18.2 Å². The molecule has 1 atom stereocenters. The van der Waals surface area contributed by atoms with Crippen LogP contribution in [0.2, 0.25) is 10.0 Å². The Kier molecular flexibility index (Phi) is 4.32. The van der Waals surface area contributed by atoms with E-state index in [0.717, 1.165) is 12.8 Å². The van der Waals surface area contributed by atoms with Crippen LogP contribution in [0.1, 0.15) is 30.1 Å². The van der Waals surface area contributed by atoms with E-state index < -0.39 is 12.1 Å². The van der Waals surface area contributed by atoms with E-state index in [1.807, 2.05) is 0 Å². The van der Waals surface area contributed by atoms with Gasteiger partial charge in [-0.15, -0.1) is 0 Å². The van der Waals surface area contributed by atoms with Gasteiger partial charge in [-0.25, -0.2) is 4.79 Å². The zero-order valence-electron chi connectivity index (χ0n) is 10.3. The third-order valence-electron chi connectivity index (χ3n) is 2.75. The predicted molar refractivity (Wildman–Crippen MR) is 72.5 cm³/mol. The highest BCUT2D eigenvalue weighted by atomic mass is 35.5. The summed E-state index contributed by atoms with van der Waals surface area (Å²) in [4.78, 5) is 23.6. The topological polar surface area (TPSA) is 55.4 Å². The molecule has 0 aliphatic heterocycles. The van der Waals surface area contributed by atoms with Gasteiger partial charge in [-0.1, -0.05) is 29.3 Å². The quantitative estimate of drug-likeness (QED) is 0.870. The molecule has 102 valence electrons. The third-order valence-corrected chi connectivity index (χ3v) is 3.57. The Balaban J connectivity index is 1.99. The molecule has 1 saturated carbocycles. The van der Waals surface area contributed by atoms with Gasteiger partial charge in [-0.05, 0) is 31.9 Å². The number of carbonyl (C=O) groups excluding carboxylic acids is 2. The fraction of sp³-hybridized carbons (Fsp3) is 0.385. The van der Waals surface area contributed by atoms with Crippen LogP contribution in [0.5, 0.6) is 0 Å². The van der Waals surface area contributed by atoms with Crippen LogP contribution in [0.3, 0.4) is 0 Å². The number of halogens is 2. The number of rotatable bonds is 4. The number of benzene rings is 1. The lowest BCUT2D eigenvalue weighted by atomic mass is 10.2. The molecule has 0 aromatic heterocycles. The summed E-state index contributed by atoms with van der Waals surface area (Å²) in [5, 5.41) is 3.16. The Morgan fingerprint density at radius 1 is 1.37 bits per heavy atom. The standard InChI is InChI=1S/C13H13Cl2NO3/c1-7(12(17)16-8-5-6-8)19-13(18)9-3-2-4-10(14)11(9)15/h2-4,7-8H,5-6H2,1H3,(H,16,17). The van der Waals surface area contributed by atoms with E-state index in [9.17, 15) is 9.59 Å². The molecule has 1 N–H and O–H groups in total. The summed E-state index contributed by atoms with van der Waals surface area (Å²) < 4.78 is 5.07. The van der Waals surface area contributed by atoms with E-state index in [1.165, 1.54) is 13.0 Å².